The molecule has 1 aliphatic heterocycles. The van der Waals surface area contributed by atoms with Crippen molar-refractivity contribution in [3.05, 3.63) is 54.3 Å². The predicted octanol–water partition coefficient (Wildman–Crippen LogP) is 2.35. The lowest BCUT2D eigenvalue weighted by Crippen LogP contribution is -2.28. The largest absolute Gasteiger partial charge is 0.355 e. The monoisotopic (exact) mass is 310 g/mol. The molecule has 0 saturated carbocycles. The van der Waals surface area contributed by atoms with E-state index in [4.69, 9.17) is 9.05 Å². The van der Waals surface area contributed by atoms with Crippen molar-refractivity contribution in [3.63, 3.8) is 0 Å². The van der Waals surface area contributed by atoms with Crippen molar-refractivity contribution in [1.82, 2.24) is 20.2 Å². The molecule has 1 unspecified atom stereocenters. The van der Waals surface area contributed by atoms with Crippen LogP contribution in [0.5, 0.6) is 0 Å². The normalized spacial score (nSPS) is 17.6. The fourth-order valence-electron chi connectivity index (χ4n) is 2.79. The van der Waals surface area contributed by atoms with Gasteiger partial charge in [-0.1, -0.05) is 40.6 Å². The van der Waals surface area contributed by atoms with Crippen LogP contribution in [0.15, 0.2) is 51.8 Å². The summed E-state index contributed by atoms with van der Waals surface area (Å²) in [6, 6.07) is 11.3. The molecular weight excluding hydrogens is 296 g/mol. The van der Waals surface area contributed by atoms with Gasteiger partial charge < -0.3 is 13.9 Å². The Morgan fingerprint density at radius 1 is 1.22 bits per heavy atom. The van der Waals surface area contributed by atoms with E-state index in [-0.39, 0.29) is 11.8 Å². The van der Waals surface area contributed by atoms with E-state index in [0.717, 1.165) is 12.0 Å². The van der Waals surface area contributed by atoms with Gasteiger partial charge in [-0.3, -0.25) is 4.79 Å². The second-order valence-electron chi connectivity index (χ2n) is 5.47. The van der Waals surface area contributed by atoms with Gasteiger partial charge in [-0.2, -0.15) is 4.98 Å². The second-order valence-corrected chi connectivity index (χ2v) is 5.47. The average molecular weight is 310 g/mol. The molecule has 3 aromatic rings. The summed E-state index contributed by atoms with van der Waals surface area (Å²) in [6.45, 7) is 1.21. The predicted molar refractivity (Wildman–Crippen MR) is 79.5 cm³/mol. The zero-order valence-corrected chi connectivity index (χ0v) is 12.3. The minimum Gasteiger partial charge on any atom is -0.355 e. The number of nitrogens with zero attached hydrogens (tertiary/aromatic N) is 4. The molecular formula is C16H14N4O3. The lowest BCUT2D eigenvalue weighted by Gasteiger charge is -2.13. The first-order chi connectivity index (χ1) is 11.3. The van der Waals surface area contributed by atoms with Crippen LogP contribution in [0, 0.1) is 0 Å². The number of likely N-dealkylation sites (tertiary alicyclic amines) is 1. The summed E-state index contributed by atoms with van der Waals surface area (Å²) < 4.78 is 10.1. The average Bonchev–Trinajstić information content (AvgIpc) is 3.35. The lowest BCUT2D eigenvalue weighted by molar-refractivity contribution is 0.0780. The number of carbonyl (C=O) groups excluding carboxylic acids is 1. The third-order valence-corrected chi connectivity index (χ3v) is 4.01. The lowest BCUT2D eigenvalue weighted by atomic mass is 10.1. The first kappa shape index (κ1) is 13.7. The first-order valence-electron chi connectivity index (χ1n) is 7.39. The molecule has 0 bridgehead atoms. The van der Waals surface area contributed by atoms with Gasteiger partial charge >= 0.3 is 0 Å². The van der Waals surface area contributed by atoms with Crippen molar-refractivity contribution < 1.29 is 13.8 Å². The maximum atomic E-state index is 12.5. The van der Waals surface area contributed by atoms with Crippen LogP contribution in [0.1, 0.15) is 28.7 Å². The molecule has 1 atom stereocenters. The summed E-state index contributed by atoms with van der Waals surface area (Å²) in [5.41, 5.74) is 1.21. The fourth-order valence-corrected chi connectivity index (χ4v) is 2.79. The van der Waals surface area contributed by atoms with Gasteiger partial charge in [0, 0.05) is 30.6 Å². The standard InChI is InChI=1S/C16H14N4O3/c21-16(20-7-6-12(9-20)15-17-10-22-19-15)13-8-14(23-18-13)11-4-2-1-3-5-11/h1-5,8,10,12H,6-7,9H2. The van der Waals surface area contributed by atoms with Crippen molar-refractivity contribution in [1.29, 1.82) is 0 Å². The van der Waals surface area contributed by atoms with E-state index in [1.807, 2.05) is 30.3 Å². The van der Waals surface area contributed by atoms with Gasteiger partial charge in [-0.25, -0.2) is 0 Å². The SMILES string of the molecule is O=C(c1cc(-c2ccccc2)on1)N1CCC(c2ncon2)C1. The van der Waals surface area contributed by atoms with Crippen molar-refractivity contribution in [2.45, 2.75) is 12.3 Å². The summed E-state index contributed by atoms with van der Waals surface area (Å²) in [5, 5.41) is 7.76. The molecule has 1 fully saturated rings. The van der Waals surface area contributed by atoms with E-state index < -0.39 is 0 Å². The molecule has 1 aromatic carbocycles. The molecule has 0 spiro atoms. The van der Waals surface area contributed by atoms with Crippen molar-refractivity contribution in [3.8, 4) is 11.3 Å². The highest BCUT2D eigenvalue weighted by Crippen LogP contribution is 2.26. The zero-order valence-electron chi connectivity index (χ0n) is 12.3. The molecule has 7 heteroatoms. The number of amides is 1. The highest BCUT2D eigenvalue weighted by atomic mass is 16.5. The van der Waals surface area contributed by atoms with E-state index in [2.05, 4.69) is 15.3 Å². The van der Waals surface area contributed by atoms with Gasteiger partial charge in [0.05, 0.1) is 0 Å². The van der Waals surface area contributed by atoms with Crippen LogP contribution in [0.3, 0.4) is 0 Å². The minimum atomic E-state index is -0.137. The highest BCUT2D eigenvalue weighted by molar-refractivity contribution is 5.93. The van der Waals surface area contributed by atoms with Crippen LogP contribution in [0.25, 0.3) is 11.3 Å². The summed E-state index contributed by atoms with van der Waals surface area (Å²) in [5.74, 6) is 1.20. The van der Waals surface area contributed by atoms with Gasteiger partial charge in [0.2, 0.25) is 6.39 Å². The molecule has 1 saturated heterocycles. The summed E-state index contributed by atoms with van der Waals surface area (Å²) >= 11 is 0. The van der Waals surface area contributed by atoms with Crippen molar-refractivity contribution in [2.24, 2.45) is 0 Å². The topological polar surface area (TPSA) is 85.3 Å². The number of benzene rings is 1. The maximum Gasteiger partial charge on any atom is 0.276 e. The van der Waals surface area contributed by atoms with E-state index in [1.165, 1.54) is 6.39 Å². The van der Waals surface area contributed by atoms with Crippen LogP contribution in [0.4, 0.5) is 0 Å². The summed E-state index contributed by atoms with van der Waals surface area (Å²) in [4.78, 5) is 18.3. The van der Waals surface area contributed by atoms with Crippen LogP contribution < -0.4 is 0 Å². The Bertz CT molecular complexity index is 798. The Morgan fingerprint density at radius 2 is 2.09 bits per heavy atom. The van der Waals surface area contributed by atoms with E-state index >= 15 is 0 Å². The van der Waals surface area contributed by atoms with Gasteiger partial charge in [-0.15, -0.1) is 0 Å². The molecule has 3 heterocycles. The molecule has 116 valence electrons. The molecule has 0 aliphatic carbocycles. The van der Waals surface area contributed by atoms with Crippen LogP contribution >= 0.6 is 0 Å². The third kappa shape index (κ3) is 2.61. The number of hydrogen-bond acceptors (Lipinski definition) is 6. The van der Waals surface area contributed by atoms with Crippen molar-refractivity contribution >= 4 is 5.91 Å². The molecule has 1 aliphatic rings. The van der Waals surface area contributed by atoms with E-state index in [0.29, 0.717) is 30.4 Å². The minimum absolute atomic E-state index is 0.109. The summed E-state index contributed by atoms with van der Waals surface area (Å²) in [7, 11) is 0. The number of rotatable bonds is 3. The van der Waals surface area contributed by atoms with Crippen LogP contribution in [-0.2, 0) is 0 Å². The molecule has 1 amide bonds. The molecule has 0 N–H and O–H groups in total. The quantitative estimate of drug-likeness (QED) is 0.738. The van der Waals surface area contributed by atoms with E-state index in [9.17, 15) is 4.79 Å². The highest BCUT2D eigenvalue weighted by Gasteiger charge is 2.31. The first-order valence-corrected chi connectivity index (χ1v) is 7.39. The number of aromatic nitrogens is 3. The van der Waals surface area contributed by atoms with Gasteiger partial charge in [0.15, 0.2) is 17.3 Å². The van der Waals surface area contributed by atoms with Gasteiger partial charge in [-0.05, 0) is 6.42 Å². The third-order valence-electron chi connectivity index (χ3n) is 4.01. The molecule has 0 radical (unpaired) electrons. The summed E-state index contributed by atoms with van der Waals surface area (Å²) in [6.07, 6.45) is 2.12. The smallest absolute Gasteiger partial charge is 0.276 e. The Labute approximate surface area is 131 Å². The molecule has 23 heavy (non-hydrogen) atoms. The van der Waals surface area contributed by atoms with Crippen LogP contribution in [0.2, 0.25) is 0 Å². The number of hydrogen-bond donors (Lipinski definition) is 0. The number of carbonyl (C=O) groups is 1. The van der Waals surface area contributed by atoms with Crippen molar-refractivity contribution in [2.75, 3.05) is 13.1 Å². The zero-order chi connectivity index (χ0) is 15.6. The van der Waals surface area contributed by atoms with Crippen LogP contribution in [-0.4, -0.2) is 39.2 Å². The Balaban J connectivity index is 1.49. The Kier molecular flexibility index (Phi) is 3.38. The fraction of sp³-hybridized carbons (Fsp3) is 0.250. The molecule has 7 nitrogen and oxygen atoms in total. The van der Waals surface area contributed by atoms with Gasteiger partial charge in [0.1, 0.15) is 0 Å². The Morgan fingerprint density at radius 3 is 2.87 bits per heavy atom. The maximum absolute atomic E-state index is 12.5. The molecule has 2 aromatic heterocycles. The van der Waals surface area contributed by atoms with Gasteiger partial charge in [0.25, 0.3) is 5.91 Å². The van der Waals surface area contributed by atoms with E-state index in [1.54, 1.807) is 11.0 Å². The Hall–Kier alpha value is -2.96. The second kappa shape index (κ2) is 5.68. The molecule has 4 rings (SSSR count).